The van der Waals surface area contributed by atoms with E-state index in [4.69, 9.17) is 9.47 Å². The number of rotatable bonds is 7. The lowest BCUT2D eigenvalue weighted by molar-refractivity contribution is -0.115. The Labute approximate surface area is 195 Å². The number of anilines is 1. The van der Waals surface area contributed by atoms with Crippen LogP contribution in [0.2, 0.25) is 0 Å². The van der Waals surface area contributed by atoms with E-state index in [1.165, 1.54) is 32.5 Å². The minimum Gasteiger partial charge on any atom is -0.496 e. The zero-order valence-corrected chi connectivity index (χ0v) is 18.5. The van der Waals surface area contributed by atoms with E-state index in [0.717, 1.165) is 5.56 Å². The minimum absolute atomic E-state index is 0.0675. The molecule has 0 saturated carbocycles. The minimum atomic E-state index is -0.670. The molecule has 0 saturated heterocycles. The molecular formula is C26H21FN3O4. The van der Waals surface area contributed by atoms with Crippen LogP contribution in [0.3, 0.4) is 0 Å². The molecule has 0 aliphatic rings. The van der Waals surface area contributed by atoms with Crippen LogP contribution < -0.4 is 20.1 Å². The number of carbonyl (C=O) groups is 2. The maximum atomic E-state index is 14.8. The van der Waals surface area contributed by atoms with E-state index in [1.807, 2.05) is 30.3 Å². The first kappa shape index (κ1) is 22.7. The summed E-state index contributed by atoms with van der Waals surface area (Å²) in [5, 5.41) is 5.69. The number of aromatic nitrogens is 1. The van der Waals surface area contributed by atoms with E-state index in [1.54, 1.807) is 18.2 Å². The van der Waals surface area contributed by atoms with Gasteiger partial charge in [0.15, 0.2) is 11.6 Å². The molecule has 1 heterocycles. The van der Waals surface area contributed by atoms with Crippen LogP contribution >= 0.6 is 0 Å². The molecule has 0 spiro atoms. The number of carbonyl (C=O) groups excluding carboxylic acids is 2. The van der Waals surface area contributed by atoms with Gasteiger partial charge in [-0.1, -0.05) is 30.3 Å². The van der Waals surface area contributed by atoms with E-state index in [-0.39, 0.29) is 35.3 Å². The fourth-order valence-corrected chi connectivity index (χ4v) is 3.42. The highest BCUT2D eigenvalue weighted by Gasteiger charge is 2.17. The number of hydrogen-bond donors (Lipinski definition) is 2. The average Bonchev–Trinajstić information content (AvgIpc) is 2.85. The highest BCUT2D eigenvalue weighted by molar-refractivity contribution is 6.02. The van der Waals surface area contributed by atoms with Gasteiger partial charge >= 0.3 is 0 Å². The molecular weight excluding hydrogens is 437 g/mol. The Bertz CT molecular complexity index is 1360. The van der Waals surface area contributed by atoms with Crippen LogP contribution in [0.5, 0.6) is 17.2 Å². The molecule has 7 nitrogen and oxygen atoms in total. The van der Waals surface area contributed by atoms with Crippen LogP contribution in [0.4, 0.5) is 10.1 Å². The SMILES string of the molecule is CNC(=O)c1cc2c(Oc3ccc(NC(=O)Cc4ccccc4)cc3F)[c]cnc2cc1OC. The summed E-state index contributed by atoms with van der Waals surface area (Å²) >= 11 is 0. The number of benzene rings is 3. The summed E-state index contributed by atoms with van der Waals surface area (Å²) in [4.78, 5) is 28.7. The van der Waals surface area contributed by atoms with E-state index in [2.05, 4.69) is 21.7 Å². The molecule has 0 atom stereocenters. The van der Waals surface area contributed by atoms with Crippen LogP contribution in [-0.2, 0) is 11.2 Å². The number of halogens is 1. The Morgan fingerprint density at radius 2 is 1.85 bits per heavy atom. The van der Waals surface area contributed by atoms with Gasteiger partial charge in [-0.2, -0.15) is 0 Å². The molecule has 1 radical (unpaired) electrons. The zero-order chi connectivity index (χ0) is 24.1. The molecule has 171 valence electrons. The second kappa shape index (κ2) is 9.99. The Balaban J connectivity index is 1.57. The van der Waals surface area contributed by atoms with Crippen molar-refractivity contribution in [2.75, 3.05) is 19.5 Å². The number of pyridine rings is 1. The van der Waals surface area contributed by atoms with Crippen molar-refractivity contribution in [3.8, 4) is 17.2 Å². The van der Waals surface area contributed by atoms with E-state index in [9.17, 15) is 14.0 Å². The van der Waals surface area contributed by atoms with Gasteiger partial charge in [0.2, 0.25) is 5.91 Å². The van der Waals surface area contributed by atoms with Gasteiger partial charge in [-0.25, -0.2) is 4.39 Å². The molecule has 8 heteroatoms. The molecule has 0 aliphatic carbocycles. The summed E-state index contributed by atoms with van der Waals surface area (Å²) in [6.07, 6.45) is 1.57. The molecule has 0 bridgehead atoms. The van der Waals surface area contributed by atoms with Crippen LogP contribution in [0.1, 0.15) is 15.9 Å². The monoisotopic (exact) mass is 458 g/mol. The van der Waals surface area contributed by atoms with Gasteiger partial charge in [0.25, 0.3) is 5.91 Å². The lowest BCUT2D eigenvalue weighted by Gasteiger charge is -2.13. The first-order valence-electron chi connectivity index (χ1n) is 10.4. The summed E-state index contributed by atoms with van der Waals surface area (Å²) in [7, 11) is 2.96. The van der Waals surface area contributed by atoms with Gasteiger partial charge in [-0.15, -0.1) is 0 Å². The van der Waals surface area contributed by atoms with Crippen molar-refractivity contribution in [1.82, 2.24) is 10.3 Å². The molecule has 0 unspecified atom stereocenters. The molecule has 4 rings (SSSR count). The molecule has 0 fully saturated rings. The summed E-state index contributed by atoms with van der Waals surface area (Å²) in [5.41, 5.74) is 1.93. The lowest BCUT2D eigenvalue weighted by atomic mass is 10.1. The summed E-state index contributed by atoms with van der Waals surface area (Å²) in [5.74, 6) is -0.812. The molecule has 1 aromatic heterocycles. The van der Waals surface area contributed by atoms with Gasteiger partial charge in [-0.3, -0.25) is 14.6 Å². The van der Waals surface area contributed by atoms with Crippen molar-refractivity contribution in [3.05, 3.63) is 89.9 Å². The summed E-state index contributed by atoms with van der Waals surface area (Å²) in [6, 6.07) is 19.4. The fourth-order valence-electron chi connectivity index (χ4n) is 3.42. The summed E-state index contributed by atoms with van der Waals surface area (Å²) in [6.45, 7) is 0. The number of methoxy groups -OCH3 is 1. The zero-order valence-electron chi connectivity index (χ0n) is 18.5. The van der Waals surface area contributed by atoms with E-state index < -0.39 is 5.82 Å². The average molecular weight is 458 g/mol. The first-order valence-corrected chi connectivity index (χ1v) is 10.4. The maximum Gasteiger partial charge on any atom is 0.254 e. The van der Waals surface area contributed by atoms with Gasteiger partial charge in [-0.05, 0) is 23.8 Å². The molecule has 2 N–H and O–H groups in total. The Morgan fingerprint density at radius 3 is 2.56 bits per heavy atom. The molecule has 2 amide bonds. The van der Waals surface area contributed by atoms with Gasteiger partial charge < -0.3 is 20.1 Å². The lowest BCUT2D eigenvalue weighted by Crippen LogP contribution is -2.18. The molecule has 34 heavy (non-hydrogen) atoms. The highest BCUT2D eigenvalue weighted by Crippen LogP contribution is 2.34. The van der Waals surface area contributed by atoms with Crippen molar-refractivity contribution in [2.45, 2.75) is 6.42 Å². The molecule has 0 aliphatic heterocycles. The van der Waals surface area contributed by atoms with Crippen molar-refractivity contribution >= 4 is 28.4 Å². The fraction of sp³-hybridized carbons (Fsp3) is 0.115. The van der Waals surface area contributed by atoms with Gasteiger partial charge in [0, 0.05) is 42.5 Å². The van der Waals surface area contributed by atoms with Crippen molar-refractivity contribution < 1.29 is 23.5 Å². The van der Waals surface area contributed by atoms with E-state index in [0.29, 0.717) is 22.3 Å². The predicted octanol–water partition coefficient (Wildman–Crippen LogP) is 4.52. The smallest absolute Gasteiger partial charge is 0.254 e. The summed E-state index contributed by atoms with van der Waals surface area (Å²) < 4.78 is 25.9. The second-order valence-electron chi connectivity index (χ2n) is 7.34. The number of fused-ring (bicyclic) bond motifs is 1. The number of amides is 2. The third-order valence-corrected chi connectivity index (χ3v) is 5.07. The third kappa shape index (κ3) is 4.96. The number of nitrogens with one attached hydrogen (secondary N) is 2. The number of hydrogen-bond acceptors (Lipinski definition) is 5. The standard InChI is InChI=1S/C26H21FN3O4/c1-28-26(32)19-14-18-21(15-24(19)33-2)29-11-10-22(18)34-23-9-8-17(13-20(23)27)30-25(31)12-16-6-4-3-5-7-16/h3-9,11,13-15H,12H2,1-2H3,(H,28,32)(H,30,31). The maximum absolute atomic E-state index is 14.8. The third-order valence-electron chi connectivity index (χ3n) is 5.07. The van der Waals surface area contributed by atoms with Crippen LogP contribution in [0.25, 0.3) is 10.9 Å². The van der Waals surface area contributed by atoms with Crippen LogP contribution in [0, 0.1) is 11.9 Å². The highest BCUT2D eigenvalue weighted by atomic mass is 19.1. The topological polar surface area (TPSA) is 89.6 Å². The Morgan fingerprint density at radius 1 is 1.06 bits per heavy atom. The Hall–Kier alpha value is -4.46. The first-order chi connectivity index (χ1) is 16.5. The normalized spacial score (nSPS) is 10.6. The van der Waals surface area contributed by atoms with E-state index >= 15 is 0 Å². The van der Waals surface area contributed by atoms with Gasteiger partial charge in [0.1, 0.15) is 11.5 Å². The molecule has 3 aromatic carbocycles. The largest absolute Gasteiger partial charge is 0.496 e. The predicted molar refractivity (Wildman–Crippen MR) is 126 cm³/mol. The van der Waals surface area contributed by atoms with Crippen LogP contribution in [-0.4, -0.2) is 31.0 Å². The molecule has 4 aromatic rings. The van der Waals surface area contributed by atoms with Crippen LogP contribution in [0.15, 0.2) is 66.9 Å². The van der Waals surface area contributed by atoms with Crippen molar-refractivity contribution in [2.24, 2.45) is 0 Å². The van der Waals surface area contributed by atoms with Crippen molar-refractivity contribution in [3.63, 3.8) is 0 Å². The number of ether oxygens (including phenoxy) is 2. The number of nitrogens with zero attached hydrogens (tertiary/aromatic N) is 1. The van der Waals surface area contributed by atoms with Crippen molar-refractivity contribution in [1.29, 1.82) is 0 Å². The quantitative estimate of drug-likeness (QED) is 0.425. The van der Waals surface area contributed by atoms with Gasteiger partial charge in [0.05, 0.1) is 24.6 Å². The Kier molecular flexibility index (Phi) is 6.68. The second-order valence-corrected chi connectivity index (χ2v) is 7.34.